The lowest BCUT2D eigenvalue weighted by Crippen LogP contribution is -2.40. The number of hydrogen-bond acceptors (Lipinski definition) is 6. The number of benzene rings is 2. The molecule has 0 unspecified atom stereocenters. The summed E-state index contributed by atoms with van der Waals surface area (Å²) in [6.45, 7) is 6.33. The van der Waals surface area contributed by atoms with Crippen LogP contribution in [0, 0.1) is 0 Å². The summed E-state index contributed by atoms with van der Waals surface area (Å²) in [4.78, 5) is 24.7. The molecule has 2 aromatic rings. The number of carbonyl (C=O) groups is 2. The number of amides is 1. The Labute approximate surface area is 164 Å². The topological polar surface area (TPSA) is 85.9 Å². The first-order chi connectivity index (χ1) is 13.3. The Kier molecular flexibility index (Phi) is 5.29. The van der Waals surface area contributed by atoms with Gasteiger partial charge in [0, 0.05) is 11.1 Å². The molecule has 1 aliphatic rings. The zero-order chi connectivity index (χ0) is 20.5. The predicted molar refractivity (Wildman–Crippen MR) is 103 cm³/mol. The molecule has 1 heterocycles. The molecule has 0 spiro atoms. The summed E-state index contributed by atoms with van der Waals surface area (Å²) < 4.78 is 15.8. The first-order valence-corrected chi connectivity index (χ1v) is 8.88. The van der Waals surface area contributed by atoms with Crippen molar-refractivity contribution in [1.29, 1.82) is 0 Å². The van der Waals surface area contributed by atoms with E-state index in [1.807, 2.05) is 12.1 Å². The largest absolute Gasteiger partial charge is 0.493 e. The van der Waals surface area contributed by atoms with Gasteiger partial charge >= 0.3 is 5.97 Å². The van der Waals surface area contributed by atoms with Crippen molar-refractivity contribution in [2.75, 3.05) is 14.2 Å². The number of rotatable bonds is 5. The zero-order valence-corrected chi connectivity index (χ0v) is 16.6. The number of methoxy groups -OCH3 is 2. The highest BCUT2D eigenvalue weighted by Gasteiger charge is 2.36. The van der Waals surface area contributed by atoms with E-state index in [9.17, 15) is 9.59 Å². The third-order valence-corrected chi connectivity index (χ3v) is 4.62. The standard InChI is InChI=1S/C21H24N2O5/c1-21(2,3)13-8-6-12(7-9-13)18(24)22-23-19-14-10-11-15(26-4)17(27-5)16(14)20(25)28-19/h6-11,19,23H,1-5H3,(H,22,24)/t19-/m1/s1. The summed E-state index contributed by atoms with van der Waals surface area (Å²) in [7, 11) is 2.95. The van der Waals surface area contributed by atoms with E-state index in [2.05, 4.69) is 31.6 Å². The smallest absolute Gasteiger partial charge is 0.344 e. The quantitative estimate of drug-likeness (QED) is 0.609. The lowest BCUT2D eigenvalue weighted by atomic mass is 9.87. The van der Waals surface area contributed by atoms with Crippen molar-refractivity contribution in [3.05, 3.63) is 58.7 Å². The molecule has 7 nitrogen and oxygen atoms in total. The number of fused-ring (bicyclic) bond motifs is 1. The summed E-state index contributed by atoms with van der Waals surface area (Å²) in [5.74, 6) is -0.141. The van der Waals surface area contributed by atoms with E-state index in [0.717, 1.165) is 5.56 Å². The monoisotopic (exact) mass is 384 g/mol. The molecule has 1 aliphatic heterocycles. The summed E-state index contributed by atoms with van der Waals surface area (Å²) >= 11 is 0. The molecular weight excluding hydrogens is 360 g/mol. The molecule has 7 heteroatoms. The van der Waals surface area contributed by atoms with Crippen molar-refractivity contribution in [2.24, 2.45) is 0 Å². The molecule has 0 aromatic heterocycles. The van der Waals surface area contributed by atoms with Gasteiger partial charge in [0.25, 0.3) is 5.91 Å². The van der Waals surface area contributed by atoms with Gasteiger partial charge in [-0.15, -0.1) is 0 Å². The normalized spacial score (nSPS) is 15.6. The lowest BCUT2D eigenvalue weighted by molar-refractivity contribution is 0.0260. The maximum absolute atomic E-state index is 12.4. The van der Waals surface area contributed by atoms with Gasteiger partial charge in [-0.05, 0) is 35.2 Å². The molecule has 1 atom stereocenters. The minimum absolute atomic E-state index is 0.00906. The average Bonchev–Trinajstić information content (AvgIpc) is 3.00. The van der Waals surface area contributed by atoms with Gasteiger partial charge in [0.2, 0.25) is 0 Å². The Balaban J connectivity index is 1.73. The van der Waals surface area contributed by atoms with Gasteiger partial charge in [0.1, 0.15) is 5.56 Å². The molecule has 0 aliphatic carbocycles. The molecule has 0 bridgehead atoms. The fraction of sp³-hybridized carbons (Fsp3) is 0.333. The number of carbonyl (C=O) groups excluding carboxylic acids is 2. The fourth-order valence-corrected chi connectivity index (χ4v) is 3.03. The second-order valence-corrected chi connectivity index (χ2v) is 7.48. The molecule has 0 fully saturated rings. The maximum Gasteiger partial charge on any atom is 0.344 e. The first kappa shape index (κ1) is 19.7. The van der Waals surface area contributed by atoms with Gasteiger partial charge in [-0.1, -0.05) is 32.9 Å². The van der Waals surface area contributed by atoms with Gasteiger partial charge in [-0.3, -0.25) is 10.2 Å². The number of esters is 1. The summed E-state index contributed by atoms with van der Waals surface area (Å²) in [5.41, 5.74) is 7.83. The Morgan fingerprint density at radius 1 is 1.04 bits per heavy atom. The predicted octanol–water partition coefficient (Wildman–Crippen LogP) is 3.10. The van der Waals surface area contributed by atoms with Crippen LogP contribution < -0.4 is 20.3 Å². The Hall–Kier alpha value is -3.06. The molecule has 0 saturated carbocycles. The van der Waals surface area contributed by atoms with Gasteiger partial charge in [-0.25, -0.2) is 4.79 Å². The number of hydrazine groups is 1. The van der Waals surface area contributed by atoms with Crippen LogP contribution in [0.5, 0.6) is 11.5 Å². The van der Waals surface area contributed by atoms with Crippen molar-refractivity contribution >= 4 is 11.9 Å². The number of nitrogens with one attached hydrogen (secondary N) is 2. The molecule has 148 valence electrons. The highest BCUT2D eigenvalue weighted by Crippen LogP contribution is 2.40. The molecule has 0 saturated heterocycles. The third-order valence-electron chi connectivity index (χ3n) is 4.62. The van der Waals surface area contributed by atoms with Crippen molar-refractivity contribution in [3.63, 3.8) is 0 Å². The van der Waals surface area contributed by atoms with Crippen LogP contribution in [0.15, 0.2) is 36.4 Å². The minimum atomic E-state index is -0.819. The number of cyclic esters (lactones) is 1. The van der Waals surface area contributed by atoms with Crippen LogP contribution in [0.2, 0.25) is 0 Å². The Bertz CT molecular complexity index is 900. The van der Waals surface area contributed by atoms with Crippen LogP contribution in [0.25, 0.3) is 0 Å². The van der Waals surface area contributed by atoms with E-state index in [0.29, 0.717) is 22.6 Å². The molecule has 1 amide bonds. The van der Waals surface area contributed by atoms with E-state index in [-0.39, 0.29) is 16.9 Å². The van der Waals surface area contributed by atoms with Crippen LogP contribution in [0.1, 0.15) is 58.8 Å². The summed E-state index contributed by atoms with van der Waals surface area (Å²) in [5, 5.41) is 0. The van der Waals surface area contributed by atoms with Crippen LogP contribution in [-0.4, -0.2) is 26.1 Å². The maximum atomic E-state index is 12.4. The Morgan fingerprint density at radius 2 is 1.71 bits per heavy atom. The van der Waals surface area contributed by atoms with Crippen LogP contribution in [-0.2, 0) is 10.2 Å². The van der Waals surface area contributed by atoms with E-state index in [4.69, 9.17) is 14.2 Å². The molecule has 28 heavy (non-hydrogen) atoms. The number of ether oxygens (including phenoxy) is 3. The molecule has 3 rings (SSSR count). The SMILES string of the molecule is COc1ccc2c(c1OC)C(=O)O[C@H]2NNC(=O)c1ccc(C(C)(C)C)cc1. The lowest BCUT2D eigenvalue weighted by Gasteiger charge is -2.19. The summed E-state index contributed by atoms with van der Waals surface area (Å²) in [6, 6.07) is 10.8. The van der Waals surface area contributed by atoms with Gasteiger partial charge in [0.05, 0.1) is 14.2 Å². The van der Waals surface area contributed by atoms with Gasteiger partial charge < -0.3 is 14.2 Å². The minimum Gasteiger partial charge on any atom is -0.493 e. The molecular formula is C21H24N2O5. The van der Waals surface area contributed by atoms with Gasteiger partial charge in [0.15, 0.2) is 17.7 Å². The average molecular weight is 384 g/mol. The van der Waals surface area contributed by atoms with Crippen molar-refractivity contribution in [2.45, 2.75) is 32.4 Å². The molecule has 2 N–H and O–H groups in total. The molecule has 2 aromatic carbocycles. The van der Waals surface area contributed by atoms with Crippen molar-refractivity contribution in [1.82, 2.24) is 10.9 Å². The first-order valence-electron chi connectivity index (χ1n) is 8.88. The van der Waals surface area contributed by atoms with Crippen LogP contribution >= 0.6 is 0 Å². The van der Waals surface area contributed by atoms with Crippen molar-refractivity contribution in [3.8, 4) is 11.5 Å². The fourth-order valence-electron chi connectivity index (χ4n) is 3.03. The van der Waals surface area contributed by atoms with Crippen LogP contribution in [0.3, 0.4) is 0 Å². The second kappa shape index (κ2) is 7.52. The zero-order valence-electron chi connectivity index (χ0n) is 16.6. The van der Waals surface area contributed by atoms with E-state index in [1.165, 1.54) is 14.2 Å². The van der Waals surface area contributed by atoms with E-state index in [1.54, 1.807) is 24.3 Å². The highest BCUT2D eigenvalue weighted by molar-refractivity contribution is 5.98. The van der Waals surface area contributed by atoms with E-state index < -0.39 is 12.2 Å². The second-order valence-electron chi connectivity index (χ2n) is 7.48. The Morgan fingerprint density at radius 3 is 2.29 bits per heavy atom. The molecule has 0 radical (unpaired) electrons. The third kappa shape index (κ3) is 3.66. The highest BCUT2D eigenvalue weighted by atomic mass is 16.6. The summed E-state index contributed by atoms with van der Waals surface area (Å²) in [6.07, 6.45) is -0.819. The van der Waals surface area contributed by atoms with E-state index >= 15 is 0 Å². The van der Waals surface area contributed by atoms with Crippen molar-refractivity contribution < 1.29 is 23.8 Å². The number of hydrogen-bond donors (Lipinski definition) is 2. The van der Waals surface area contributed by atoms with Gasteiger partial charge in [-0.2, -0.15) is 5.43 Å². The van der Waals surface area contributed by atoms with Crippen LogP contribution in [0.4, 0.5) is 0 Å².